The number of hydrogen-bond donors (Lipinski definition) is 3. The van der Waals surface area contributed by atoms with Gasteiger partial charge in [-0.1, -0.05) is 109 Å². The highest BCUT2D eigenvalue weighted by Gasteiger charge is 2.30. The van der Waals surface area contributed by atoms with Crippen molar-refractivity contribution in [1.29, 1.82) is 0 Å². The number of methoxy groups -OCH3 is 1. The Morgan fingerprint density at radius 1 is 0.810 bits per heavy atom. The summed E-state index contributed by atoms with van der Waals surface area (Å²) in [6.45, 7) is 4.04. The monoisotopic (exact) mass is 806 g/mol. The molecule has 0 saturated carbocycles. The van der Waals surface area contributed by atoms with Crippen LogP contribution < -0.4 is 16.0 Å². The lowest BCUT2D eigenvalue weighted by Crippen LogP contribution is -2.30. The zero-order chi connectivity index (χ0) is 40.4. The molecular weight excluding hydrogens is 765 g/mol. The van der Waals surface area contributed by atoms with E-state index in [1.807, 2.05) is 84.9 Å². The van der Waals surface area contributed by atoms with Crippen LogP contribution in [0, 0.1) is 0 Å². The van der Waals surface area contributed by atoms with Crippen molar-refractivity contribution < 1.29 is 23.9 Å². The molecule has 7 rings (SSSR count). The molecule has 0 aliphatic carbocycles. The van der Waals surface area contributed by atoms with Crippen LogP contribution in [0.2, 0.25) is 0 Å². The summed E-state index contributed by atoms with van der Waals surface area (Å²) in [4.78, 5) is 57.8. The number of rotatable bonds is 13. The van der Waals surface area contributed by atoms with E-state index in [1.54, 1.807) is 55.5 Å². The molecule has 3 N–H and O–H groups in total. The van der Waals surface area contributed by atoms with Gasteiger partial charge in [0.1, 0.15) is 10.7 Å². The second-order valence-corrected chi connectivity index (χ2v) is 16.3. The van der Waals surface area contributed by atoms with Crippen LogP contribution in [0.3, 0.4) is 0 Å². The van der Waals surface area contributed by atoms with Gasteiger partial charge in [0.05, 0.1) is 17.9 Å². The zero-order valence-electron chi connectivity index (χ0n) is 32.1. The van der Waals surface area contributed by atoms with E-state index in [0.29, 0.717) is 34.8 Å². The third kappa shape index (κ3) is 9.99. The smallest absolute Gasteiger partial charge is 0.341 e. The summed E-state index contributed by atoms with van der Waals surface area (Å²) in [5.74, 6) is -1.66. The van der Waals surface area contributed by atoms with Gasteiger partial charge in [0, 0.05) is 40.7 Å². The molecule has 292 valence electrons. The predicted octanol–water partition coefficient (Wildman–Crippen LogP) is 9.29. The third-order valence-electron chi connectivity index (χ3n) is 9.64. The van der Waals surface area contributed by atoms with Gasteiger partial charge in [-0.25, -0.2) is 4.79 Å². The van der Waals surface area contributed by atoms with Crippen LogP contribution in [0.25, 0.3) is 17.2 Å². The molecule has 5 aromatic carbocycles. The quantitative estimate of drug-likeness (QED) is 0.0606. The molecular formula is C47H42N4O5S2. The second kappa shape index (κ2) is 18.8. The Bertz CT molecular complexity index is 2430. The number of carbonyl (C=O) groups excluding carboxylic acids is 4. The Kier molecular flexibility index (Phi) is 12.9. The highest BCUT2D eigenvalue weighted by atomic mass is 32.2. The number of anilines is 2. The van der Waals surface area contributed by atoms with Gasteiger partial charge in [0.25, 0.3) is 11.8 Å². The van der Waals surface area contributed by atoms with Gasteiger partial charge < -0.3 is 20.7 Å². The minimum absolute atomic E-state index is 0.0651. The SMILES string of the molecule is COC(=O)c1c(NC(=O)C(C)Sc2cccc(NC(=O)/C(=C\c3ccc(-c4ccccc4)cc3)NC(=O)c3ccccc3)c2)sc2c1CCN(Cc1ccccc1)C2. The van der Waals surface area contributed by atoms with Crippen molar-refractivity contribution in [1.82, 2.24) is 10.2 Å². The maximum atomic E-state index is 13.8. The van der Waals surface area contributed by atoms with Gasteiger partial charge in [-0.3, -0.25) is 19.3 Å². The second-order valence-electron chi connectivity index (χ2n) is 13.7. The van der Waals surface area contributed by atoms with Crippen LogP contribution in [-0.2, 0) is 33.8 Å². The molecule has 0 spiro atoms. The van der Waals surface area contributed by atoms with Crippen molar-refractivity contribution in [3.63, 3.8) is 0 Å². The molecule has 0 bridgehead atoms. The van der Waals surface area contributed by atoms with Crippen molar-refractivity contribution in [3.8, 4) is 11.1 Å². The molecule has 6 aromatic rings. The van der Waals surface area contributed by atoms with Crippen LogP contribution >= 0.6 is 23.1 Å². The fourth-order valence-electron chi connectivity index (χ4n) is 6.67. The topological polar surface area (TPSA) is 117 Å². The summed E-state index contributed by atoms with van der Waals surface area (Å²) < 4.78 is 5.16. The zero-order valence-corrected chi connectivity index (χ0v) is 33.7. The summed E-state index contributed by atoms with van der Waals surface area (Å²) in [7, 11) is 1.35. The Hall–Kier alpha value is -6.27. The summed E-state index contributed by atoms with van der Waals surface area (Å²) in [6.07, 6.45) is 2.32. The first-order valence-corrected chi connectivity index (χ1v) is 20.6. The molecule has 0 fully saturated rings. The number of carbonyl (C=O) groups is 4. The molecule has 1 atom stereocenters. The van der Waals surface area contributed by atoms with Crippen LogP contribution in [0.5, 0.6) is 0 Å². The summed E-state index contributed by atoms with van der Waals surface area (Å²) in [6, 6.07) is 43.9. The van der Waals surface area contributed by atoms with E-state index in [2.05, 4.69) is 33.0 Å². The number of ether oxygens (including phenoxy) is 1. The Morgan fingerprint density at radius 2 is 1.48 bits per heavy atom. The third-order valence-corrected chi connectivity index (χ3v) is 11.9. The van der Waals surface area contributed by atoms with E-state index >= 15 is 0 Å². The van der Waals surface area contributed by atoms with Crippen molar-refractivity contribution in [2.75, 3.05) is 24.3 Å². The van der Waals surface area contributed by atoms with Gasteiger partial charge in [-0.2, -0.15) is 0 Å². The first kappa shape index (κ1) is 39.9. The van der Waals surface area contributed by atoms with E-state index in [9.17, 15) is 19.2 Å². The first-order valence-electron chi connectivity index (χ1n) is 18.9. The summed E-state index contributed by atoms with van der Waals surface area (Å²) in [5.41, 5.74) is 6.36. The lowest BCUT2D eigenvalue weighted by molar-refractivity contribution is -0.115. The minimum Gasteiger partial charge on any atom is -0.465 e. The number of esters is 1. The fourth-order valence-corrected chi connectivity index (χ4v) is 8.87. The maximum Gasteiger partial charge on any atom is 0.341 e. The highest BCUT2D eigenvalue weighted by Crippen LogP contribution is 2.39. The first-order chi connectivity index (χ1) is 28.2. The van der Waals surface area contributed by atoms with Crippen molar-refractivity contribution in [3.05, 3.63) is 178 Å². The molecule has 1 aliphatic heterocycles. The van der Waals surface area contributed by atoms with Gasteiger partial charge >= 0.3 is 5.97 Å². The number of thiophene rings is 1. The molecule has 3 amide bonds. The normalized spacial score (nSPS) is 13.2. The average molecular weight is 807 g/mol. The lowest BCUT2D eigenvalue weighted by atomic mass is 10.0. The van der Waals surface area contributed by atoms with Crippen LogP contribution in [0.15, 0.2) is 150 Å². The molecule has 58 heavy (non-hydrogen) atoms. The van der Waals surface area contributed by atoms with Crippen molar-refractivity contribution in [2.45, 2.75) is 36.6 Å². The Labute approximate surface area is 346 Å². The molecule has 0 saturated heterocycles. The number of nitrogens with zero attached hydrogens (tertiary/aromatic N) is 1. The predicted molar refractivity (Wildman–Crippen MR) is 233 cm³/mol. The van der Waals surface area contributed by atoms with Crippen LogP contribution in [0.4, 0.5) is 10.7 Å². The highest BCUT2D eigenvalue weighted by molar-refractivity contribution is 8.00. The number of amides is 3. The number of nitrogens with one attached hydrogen (secondary N) is 3. The number of thioether (sulfide) groups is 1. The fraction of sp³-hybridized carbons (Fsp3) is 0.149. The molecule has 11 heteroatoms. The standard InChI is InChI=1S/C47H42N4O5S2/c1-31(43(52)50-46-42(47(55)56-2)39-25-26-51(30-41(39)58-46)29-33-13-6-3-7-14-33)57-38-20-12-19-37(28-38)48-45(54)40(49-44(53)36-17-10-5-11-18-36)27-32-21-23-35(24-22-32)34-15-8-4-9-16-34/h3-24,27-28,31H,25-26,29-30H2,1-2H3,(H,48,54)(H,49,53)(H,50,52)/b40-27+. The average Bonchev–Trinajstić information content (AvgIpc) is 3.61. The Balaban J connectivity index is 1.04. The van der Waals surface area contributed by atoms with E-state index < -0.39 is 23.0 Å². The molecule has 9 nitrogen and oxygen atoms in total. The van der Waals surface area contributed by atoms with Gasteiger partial charge in [-0.15, -0.1) is 23.1 Å². The minimum atomic E-state index is -0.551. The van der Waals surface area contributed by atoms with E-state index in [0.717, 1.165) is 45.1 Å². The van der Waals surface area contributed by atoms with Crippen LogP contribution in [-0.4, -0.2) is 47.5 Å². The van der Waals surface area contributed by atoms with Gasteiger partial charge in [0.2, 0.25) is 5.91 Å². The number of fused-ring (bicyclic) bond motifs is 1. The van der Waals surface area contributed by atoms with Crippen molar-refractivity contribution >= 4 is 63.6 Å². The van der Waals surface area contributed by atoms with E-state index in [1.165, 1.54) is 35.8 Å². The van der Waals surface area contributed by atoms with E-state index in [-0.39, 0.29) is 11.6 Å². The summed E-state index contributed by atoms with van der Waals surface area (Å²) in [5, 5.41) is 8.68. The molecule has 1 unspecified atom stereocenters. The van der Waals surface area contributed by atoms with Gasteiger partial charge in [0.15, 0.2) is 0 Å². The van der Waals surface area contributed by atoms with Gasteiger partial charge in [-0.05, 0) is 77.6 Å². The molecule has 1 aliphatic rings. The Morgan fingerprint density at radius 3 is 2.19 bits per heavy atom. The molecule has 0 radical (unpaired) electrons. The summed E-state index contributed by atoms with van der Waals surface area (Å²) >= 11 is 2.74. The van der Waals surface area contributed by atoms with Crippen molar-refractivity contribution in [2.24, 2.45) is 0 Å². The largest absolute Gasteiger partial charge is 0.465 e. The van der Waals surface area contributed by atoms with Crippen LogP contribution in [0.1, 0.15) is 49.2 Å². The molecule has 2 heterocycles. The maximum absolute atomic E-state index is 13.8. The number of hydrogen-bond acceptors (Lipinski definition) is 8. The molecule has 1 aromatic heterocycles. The van der Waals surface area contributed by atoms with E-state index in [4.69, 9.17) is 4.74 Å². The lowest BCUT2D eigenvalue weighted by Gasteiger charge is -2.27. The number of benzene rings is 5.